The molecule has 1 aliphatic rings. The summed E-state index contributed by atoms with van der Waals surface area (Å²) in [6, 6.07) is 6.23. The lowest BCUT2D eigenvalue weighted by molar-refractivity contribution is -0.111. The highest BCUT2D eigenvalue weighted by Gasteiger charge is 2.33. The van der Waals surface area contributed by atoms with Crippen LogP contribution in [0.3, 0.4) is 0 Å². The van der Waals surface area contributed by atoms with E-state index in [1.807, 2.05) is 6.92 Å². The van der Waals surface area contributed by atoms with Crippen LogP contribution in [0.25, 0.3) is 0 Å². The minimum Gasteiger partial charge on any atom is -0.303 e. The van der Waals surface area contributed by atoms with Gasteiger partial charge in [0.1, 0.15) is 12.1 Å². The molecule has 15 heavy (non-hydrogen) atoms. The number of halogens is 1. The standard InChI is InChI=1S/C11H13FN2O/c1-7-10(6-15)11(14-13-7)8-2-4-9(12)5-3-8/h2-7,10-11,13-14H,1H3. The summed E-state index contributed by atoms with van der Waals surface area (Å²) < 4.78 is 12.7. The molecule has 3 unspecified atom stereocenters. The van der Waals surface area contributed by atoms with E-state index in [4.69, 9.17) is 0 Å². The van der Waals surface area contributed by atoms with Crippen LogP contribution in [0.4, 0.5) is 4.39 Å². The number of benzene rings is 1. The fourth-order valence-electron chi connectivity index (χ4n) is 1.87. The van der Waals surface area contributed by atoms with Gasteiger partial charge in [-0.1, -0.05) is 12.1 Å². The molecule has 0 aromatic heterocycles. The molecule has 0 bridgehead atoms. The Balaban J connectivity index is 2.23. The van der Waals surface area contributed by atoms with Crippen molar-refractivity contribution in [3.05, 3.63) is 35.6 Å². The molecule has 0 amide bonds. The summed E-state index contributed by atoms with van der Waals surface area (Å²) in [5.74, 6) is -0.379. The molecule has 1 saturated heterocycles. The zero-order valence-corrected chi connectivity index (χ0v) is 8.41. The quantitative estimate of drug-likeness (QED) is 0.717. The van der Waals surface area contributed by atoms with Gasteiger partial charge in [0, 0.05) is 6.04 Å². The molecule has 1 aliphatic heterocycles. The maximum Gasteiger partial charge on any atom is 0.126 e. The molecule has 3 nitrogen and oxygen atoms in total. The van der Waals surface area contributed by atoms with E-state index >= 15 is 0 Å². The molecule has 1 aromatic carbocycles. The third-order valence-electron chi connectivity index (χ3n) is 2.82. The summed E-state index contributed by atoms with van der Waals surface area (Å²) in [6.07, 6.45) is 0.936. The topological polar surface area (TPSA) is 41.1 Å². The third-order valence-corrected chi connectivity index (χ3v) is 2.82. The van der Waals surface area contributed by atoms with Crippen molar-refractivity contribution in [1.29, 1.82) is 0 Å². The van der Waals surface area contributed by atoms with E-state index in [0.29, 0.717) is 0 Å². The number of nitrogens with one attached hydrogen (secondary N) is 2. The Morgan fingerprint density at radius 3 is 2.53 bits per heavy atom. The number of hydrogen-bond donors (Lipinski definition) is 2. The summed E-state index contributed by atoms with van der Waals surface area (Å²) in [6.45, 7) is 1.94. The van der Waals surface area contributed by atoms with Crippen LogP contribution in [0.1, 0.15) is 18.5 Å². The van der Waals surface area contributed by atoms with Crippen molar-refractivity contribution in [3.8, 4) is 0 Å². The lowest BCUT2D eigenvalue weighted by Crippen LogP contribution is -2.29. The second-order valence-electron chi connectivity index (χ2n) is 3.82. The second kappa shape index (κ2) is 4.08. The third kappa shape index (κ3) is 1.91. The van der Waals surface area contributed by atoms with Gasteiger partial charge in [-0.25, -0.2) is 9.82 Å². The molecule has 3 atom stereocenters. The normalized spacial score (nSPS) is 30.4. The van der Waals surface area contributed by atoms with Crippen LogP contribution in [-0.4, -0.2) is 12.3 Å². The zero-order chi connectivity index (χ0) is 10.8. The predicted octanol–water partition coefficient (Wildman–Crippen LogP) is 1.18. The fraction of sp³-hybridized carbons (Fsp3) is 0.364. The summed E-state index contributed by atoms with van der Waals surface area (Å²) in [5.41, 5.74) is 6.97. The van der Waals surface area contributed by atoms with Crippen LogP contribution >= 0.6 is 0 Å². The van der Waals surface area contributed by atoms with Crippen LogP contribution in [0.2, 0.25) is 0 Å². The molecule has 0 saturated carbocycles. The highest BCUT2D eigenvalue weighted by atomic mass is 19.1. The number of carbonyl (C=O) groups excluding carboxylic acids is 1. The molecule has 1 aromatic rings. The van der Waals surface area contributed by atoms with Crippen LogP contribution < -0.4 is 10.9 Å². The maximum atomic E-state index is 12.7. The largest absolute Gasteiger partial charge is 0.303 e. The molecule has 0 aliphatic carbocycles. The van der Waals surface area contributed by atoms with Crippen LogP contribution in [-0.2, 0) is 4.79 Å². The highest BCUT2D eigenvalue weighted by Crippen LogP contribution is 2.26. The summed E-state index contributed by atoms with van der Waals surface area (Å²) >= 11 is 0. The molecule has 2 N–H and O–H groups in total. The van der Waals surface area contributed by atoms with Crippen molar-refractivity contribution in [2.24, 2.45) is 5.92 Å². The highest BCUT2D eigenvalue weighted by molar-refractivity contribution is 5.57. The number of aldehydes is 1. The number of hydrogen-bond acceptors (Lipinski definition) is 3. The van der Waals surface area contributed by atoms with Crippen molar-refractivity contribution >= 4 is 6.29 Å². The smallest absolute Gasteiger partial charge is 0.126 e. The lowest BCUT2D eigenvalue weighted by atomic mass is 9.92. The van der Waals surface area contributed by atoms with Crippen LogP contribution in [0.15, 0.2) is 24.3 Å². The van der Waals surface area contributed by atoms with Gasteiger partial charge >= 0.3 is 0 Å². The Labute approximate surface area is 87.6 Å². The first-order chi connectivity index (χ1) is 7.22. The SMILES string of the molecule is CC1NNC(c2ccc(F)cc2)C1C=O. The Morgan fingerprint density at radius 1 is 1.27 bits per heavy atom. The van der Waals surface area contributed by atoms with Gasteiger partial charge < -0.3 is 4.79 Å². The van der Waals surface area contributed by atoms with Crippen LogP contribution in [0.5, 0.6) is 0 Å². The van der Waals surface area contributed by atoms with Crippen LogP contribution in [0, 0.1) is 11.7 Å². The maximum absolute atomic E-state index is 12.7. The lowest BCUT2D eigenvalue weighted by Gasteiger charge is -2.15. The van der Waals surface area contributed by atoms with Gasteiger partial charge in [0.2, 0.25) is 0 Å². The Hall–Kier alpha value is -1.26. The van der Waals surface area contributed by atoms with Crippen molar-refractivity contribution in [2.45, 2.75) is 19.0 Å². The molecule has 1 heterocycles. The van der Waals surface area contributed by atoms with E-state index in [1.54, 1.807) is 12.1 Å². The monoisotopic (exact) mass is 208 g/mol. The average Bonchev–Trinajstić information content (AvgIpc) is 2.61. The minimum absolute atomic E-state index is 0.0712. The molecular formula is C11H13FN2O. The van der Waals surface area contributed by atoms with Crippen molar-refractivity contribution in [2.75, 3.05) is 0 Å². The summed E-state index contributed by atoms with van der Waals surface area (Å²) in [7, 11) is 0. The Bertz CT molecular complexity index is 352. The van der Waals surface area contributed by atoms with E-state index in [1.165, 1.54) is 12.1 Å². The second-order valence-corrected chi connectivity index (χ2v) is 3.82. The van der Waals surface area contributed by atoms with Gasteiger partial charge in [0.15, 0.2) is 0 Å². The van der Waals surface area contributed by atoms with Gasteiger partial charge in [-0.15, -0.1) is 0 Å². The molecule has 0 spiro atoms. The first-order valence-corrected chi connectivity index (χ1v) is 4.94. The Kier molecular flexibility index (Phi) is 2.79. The Morgan fingerprint density at radius 2 is 1.93 bits per heavy atom. The average molecular weight is 208 g/mol. The van der Waals surface area contributed by atoms with Gasteiger partial charge in [-0.3, -0.25) is 5.43 Å². The molecule has 1 fully saturated rings. The zero-order valence-electron chi connectivity index (χ0n) is 8.41. The number of hydrazine groups is 1. The number of carbonyl (C=O) groups is 1. The molecule has 80 valence electrons. The predicted molar refractivity (Wildman–Crippen MR) is 54.4 cm³/mol. The summed E-state index contributed by atoms with van der Waals surface area (Å²) in [4.78, 5) is 10.9. The molecule has 4 heteroatoms. The fourth-order valence-corrected chi connectivity index (χ4v) is 1.87. The van der Waals surface area contributed by atoms with Gasteiger partial charge in [0.25, 0.3) is 0 Å². The van der Waals surface area contributed by atoms with E-state index in [9.17, 15) is 9.18 Å². The first-order valence-electron chi connectivity index (χ1n) is 4.94. The first kappa shape index (κ1) is 10.3. The van der Waals surface area contributed by atoms with Crippen molar-refractivity contribution < 1.29 is 9.18 Å². The molecule has 2 rings (SSSR count). The van der Waals surface area contributed by atoms with E-state index < -0.39 is 0 Å². The molecular weight excluding hydrogens is 195 g/mol. The van der Waals surface area contributed by atoms with Gasteiger partial charge in [0.05, 0.1) is 12.0 Å². The van der Waals surface area contributed by atoms with Crippen molar-refractivity contribution in [3.63, 3.8) is 0 Å². The van der Waals surface area contributed by atoms with E-state index in [2.05, 4.69) is 10.9 Å². The molecule has 0 radical (unpaired) electrons. The summed E-state index contributed by atoms with van der Waals surface area (Å²) in [5, 5.41) is 0. The van der Waals surface area contributed by atoms with Gasteiger partial charge in [-0.05, 0) is 24.6 Å². The minimum atomic E-state index is -0.264. The van der Waals surface area contributed by atoms with E-state index in [0.717, 1.165) is 11.8 Å². The van der Waals surface area contributed by atoms with E-state index in [-0.39, 0.29) is 23.8 Å². The van der Waals surface area contributed by atoms with Crippen molar-refractivity contribution in [1.82, 2.24) is 10.9 Å². The number of rotatable bonds is 2. The van der Waals surface area contributed by atoms with Gasteiger partial charge in [-0.2, -0.15) is 0 Å².